The molecule has 0 bridgehead atoms. The highest BCUT2D eigenvalue weighted by Gasteiger charge is 2.39. The number of carbonyl (C=O) groups excluding carboxylic acids is 1. The van der Waals surface area contributed by atoms with E-state index in [1.807, 2.05) is 86.3 Å². The van der Waals surface area contributed by atoms with Crippen LogP contribution in [0.1, 0.15) is 61.9 Å². The van der Waals surface area contributed by atoms with Crippen molar-refractivity contribution in [3.05, 3.63) is 87.9 Å². The number of aliphatic hydroxyl groups is 1. The Hall–Kier alpha value is -2.71. The minimum absolute atomic E-state index is 0.0377. The zero-order valence-corrected chi connectivity index (χ0v) is 24.9. The number of halogens is 1. The third-order valence-corrected chi connectivity index (χ3v) is 9.68. The van der Waals surface area contributed by atoms with Gasteiger partial charge in [-0.1, -0.05) is 47.0 Å². The van der Waals surface area contributed by atoms with Crippen LogP contribution in [0.2, 0.25) is 5.02 Å². The lowest BCUT2D eigenvalue weighted by Crippen LogP contribution is -2.41. The highest BCUT2D eigenvalue weighted by Crippen LogP contribution is 2.44. The van der Waals surface area contributed by atoms with E-state index in [9.17, 15) is 14.5 Å². The van der Waals surface area contributed by atoms with Gasteiger partial charge in [-0.3, -0.25) is 4.79 Å². The second kappa shape index (κ2) is 11.6. The Morgan fingerprint density at radius 3 is 2.30 bits per heavy atom. The van der Waals surface area contributed by atoms with E-state index in [4.69, 9.17) is 21.1 Å². The number of hydrogen-bond acceptors (Lipinski definition) is 5. The normalized spacial score (nSPS) is 22.6. The third-order valence-electron chi connectivity index (χ3n) is 8.05. The Kier molecular flexibility index (Phi) is 8.39. The minimum atomic E-state index is -1.04. The summed E-state index contributed by atoms with van der Waals surface area (Å²) in [6, 6.07) is 18.7. The first-order chi connectivity index (χ1) is 19.1. The number of hydrogen-bond donors (Lipinski definition) is 1. The summed E-state index contributed by atoms with van der Waals surface area (Å²) in [5.74, 6) is 2.47. The first kappa shape index (κ1) is 28.8. The maximum atomic E-state index is 13.8. The molecule has 3 aromatic carbocycles. The van der Waals surface area contributed by atoms with Crippen LogP contribution in [0, 0.1) is 5.92 Å². The summed E-state index contributed by atoms with van der Waals surface area (Å²) in [5.41, 5.74) is 3.26. The molecule has 0 radical (unpaired) electrons. The second-order valence-corrected chi connectivity index (χ2v) is 13.2. The molecule has 1 amide bonds. The number of nitrogens with zero attached hydrogens (tertiary/aromatic N) is 1. The van der Waals surface area contributed by atoms with Gasteiger partial charge in [0.15, 0.2) is 11.5 Å². The van der Waals surface area contributed by atoms with Crippen molar-refractivity contribution in [1.82, 2.24) is 0 Å². The van der Waals surface area contributed by atoms with Crippen LogP contribution in [0.5, 0.6) is 11.5 Å². The molecule has 1 N–H and O–H groups in total. The predicted molar refractivity (Wildman–Crippen MR) is 160 cm³/mol. The average molecular weight is 582 g/mol. The first-order valence-corrected chi connectivity index (χ1v) is 15.6. The van der Waals surface area contributed by atoms with Gasteiger partial charge in [0, 0.05) is 16.6 Å². The molecule has 5 rings (SSSR count). The fourth-order valence-corrected chi connectivity index (χ4v) is 7.30. The number of fused-ring (bicyclic) bond motifs is 1. The van der Waals surface area contributed by atoms with Gasteiger partial charge in [-0.25, -0.2) is 0 Å². The summed E-state index contributed by atoms with van der Waals surface area (Å²) in [4.78, 5) is 15.6. The zero-order valence-electron chi connectivity index (χ0n) is 23.4. The van der Waals surface area contributed by atoms with Crippen molar-refractivity contribution in [3.63, 3.8) is 0 Å². The van der Waals surface area contributed by atoms with Gasteiger partial charge in [-0.05, 0) is 92.3 Å². The fourth-order valence-electron chi connectivity index (χ4n) is 5.88. The molecular weight excluding hydrogens is 546 g/mol. The Balaban J connectivity index is 1.56. The lowest BCUT2D eigenvalue weighted by Gasteiger charge is -2.39. The van der Waals surface area contributed by atoms with E-state index in [0.717, 1.165) is 40.8 Å². The summed E-state index contributed by atoms with van der Waals surface area (Å²) in [5, 5.41) is 12.1. The molecule has 1 fully saturated rings. The van der Waals surface area contributed by atoms with Gasteiger partial charge in [0.1, 0.15) is 11.5 Å². The van der Waals surface area contributed by atoms with Crippen LogP contribution in [0.25, 0.3) is 0 Å². The number of carbonyl (C=O) groups is 1. The molecule has 2 heterocycles. The predicted octanol–water partition coefficient (Wildman–Crippen LogP) is 6.18. The van der Waals surface area contributed by atoms with Gasteiger partial charge >= 0.3 is 0 Å². The van der Waals surface area contributed by atoms with Crippen LogP contribution in [-0.4, -0.2) is 40.3 Å². The van der Waals surface area contributed by atoms with E-state index >= 15 is 0 Å². The summed E-state index contributed by atoms with van der Waals surface area (Å²) < 4.78 is 23.6. The molecule has 2 aliphatic heterocycles. The van der Waals surface area contributed by atoms with Gasteiger partial charge in [0.05, 0.1) is 31.3 Å². The topological polar surface area (TPSA) is 82.1 Å². The molecular formula is C32H36ClNO5S. The van der Waals surface area contributed by atoms with Gasteiger partial charge in [-0.15, -0.1) is 0 Å². The summed E-state index contributed by atoms with van der Waals surface area (Å²) in [7, 11) is 1.60. The molecule has 0 unspecified atom stereocenters. The van der Waals surface area contributed by atoms with E-state index in [-0.39, 0.29) is 24.3 Å². The van der Waals surface area contributed by atoms with Crippen LogP contribution >= 0.6 is 11.6 Å². The molecule has 0 spiro atoms. The monoisotopic (exact) mass is 581 g/mol. The number of methoxy groups -OCH3 is 1. The van der Waals surface area contributed by atoms with E-state index in [0.29, 0.717) is 28.0 Å². The summed E-state index contributed by atoms with van der Waals surface area (Å²) in [6.07, 6.45) is 1.63. The van der Waals surface area contributed by atoms with E-state index in [2.05, 4.69) is 0 Å². The Bertz CT molecular complexity index is 1350. The number of ether oxygens (including phenoxy) is 2. The fraction of sp³-hybridized carbons (Fsp3) is 0.406. The Morgan fingerprint density at radius 2 is 1.70 bits per heavy atom. The average Bonchev–Trinajstić information content (AvgIpc) is 2.93. The van der Waals surface area contributed by atoms with Crippen molar-refractivity contribution in [2.75, 3.05) is 23.5 Å². The molecule has 2 atom stereocenters. The molecule has 0 aliphatic carbocycles. The van der Waals surface area contributed by atoms with Crippen molar-refractivity contribution in [2.24, 2.45) is 5.92 Å². The van der Waals surface area contributed by atoms with Crippen LogP contribution in [-0.2, 0) is 28.0 Å². The largest absolute Gasteiger partial charge is 0.616 e. The maximum absolute atomic E-state index is 13.8. The Morgan fingerprint density at radius 1 is 1.05 bits per heavy atom. The van der Waals surface area contributed by atoms with Crippen molar-refractivity contribution >= 4 is 34.4 Å². The number of amides is 1. The molecule has 8 heteroatoms. The molecule has 2 aliphatic rings. The molecule has 0 saturated carbocycles. The van der Waals surface area contributed by atoms with Crippen LogP contribution in [0.3, 0.4) is 0 Å². The first-order valence-electron chi connectivity index (χ1n) is 13.7. The number of benzene rings is 3. The van der Waals surface area contributed by atoms with Crippen molar-refractivity contribution in [2.45, 2.75) is 57.8 Å². The van der Waals surface area contributed by atoms with Crippen LogP contribution in [0.15, 0.2) is 60.7 Å². The van der Waals surface area contributed by atoms with Gasteiger partial charge < -0.3 is 24.0 Å². The van der Waals surface area contributed by atoms with Crippen LogP contribution in [0.4, 0.5) is 5.69 Å². The molecule has 212 valence electrons. The molecule has 3 aromatic rings. The van der Waals surface area contributed by atoms with E-state index in [1.54, 1.807) is 7.11 Å². The van der Waals surface area contributed by atoms with E-state index in [1.165, 1.54) is 0 Å². The number of anilines is 1. The standard InChI is InChI=1S/C32H36ClNO5S/c1-20(2)39-29-19-27-22(17-28(29)38-4)18-30(35)34(31(27)21-5-9-25(33)10-6-21)26-11-7-23(8-12-26)32(3,36)24-13-15-40(37)16-14-24/h5-12,17,19-20,24,31,36H,13-16,18H2,1-4H3/t24?,31-,32+,40?/m0/s1. The van der Waals surface area contributed by atoms with Gasteiger partial charge in [0.2, 0.25) is 5.91 Å². The maximum Gasteiger partial charge on any atom is 0.232 e. The molecule has 40 heavy (non-hydrogen) atoms. The van der Waals surface area contributed by atoms with Gasteiger partial charge in [-0.2, -0.15) is 0 Å². The summed E-state index contributed by atoms with van der Waals surface area (Å²) in [6.45, 7) is 5.77. The molecule has 1 saturated heterocycles. The highest BCUT2D eigenvalue weighted by atomic mass is 35.5. The summed E-state index contributed by atoms with van der Waals surface area (Å²) >= 11 is 5.44. The van der Waals surface area contributed by atoms with Crippen molar-refractivity contribution < 1.29 is 23.9 Å². The minimum Gasteiger partial charge on any atom is -0.616 e. The second-order valence-electron chi connectivity index (χ2n) is 11.1. The molecule has 0 aromatic heterocycles. The number of rotatable bonds is 7. The zero-order chi connectivity index (χ0) is 28.6. The van der Waals surface area contributed by atoms with Gasteiger partial charge in [0.25, 0.3) is 0 Å². The van der Waals surface area contributed by atoms with E-state index < -0.39 is 22.8 Å². The Labute approximate surface area is 244 Å². The quantitative estimate of drug-likeness (QED) is 0.337. The van der Waals surface area contributed by atoms with Crippen molar-refractivity contribution in [3.8, 4) is 11.5 Å². The highest BCUT2D eigenvalue weighted by molar-refractivity contribution is 7.91. The SMILES string of the molecule is COc1cc2c(cc1OC(C)C)[C@H](c1ccc(Cl)cc1)N(c1ccc([C@@](C)(O)C3CC[S+]([O-])CC3)cc1)C(=O)C2. The third kappa shape index (κ3) is 5.70. The van der Waals surface area contributed by atoms with Crippen LogP contribution < -0.4 is 14.4 Å². The lowest BCUT2D eigenvalue weighted by molar-refractivity contribution is -0.118. The smallest absolute Gasteiger partial charge is 0.232 e. The lowest BCUT2D eigenvalue weighted by atomic mass is 9.79. The molecule has 6 nitrogen and oxygen atoms in total. The van der Waals surface area contributed by atoms with Crippen molar-refractivity contribution in [1.29, 1.82) is 0 Å².